The highest BCUT2D eigenvalue weighted by molar-refractivity contribution is 5.80. The smallest absolute Gasteiger partial charge is 0.146 e. The highest BCUT2D eigenvalue weighted by Crippen LogP contribution is 2.19. The first-order chi connectivity index (χ1) is 10.1. The molecule has 0 aromatic rings. The molecule has 2 aliphatic rings. The predicted octanol–water partition coefficient (Wildman–Crippen LogP) is 1.70. The van der Waals surface area contributed by atoms with Gasteiger partial charge in [-0.3, -0.25) is 14.6 Å². The summed E-state index contributed by atoms with van der Waals surface area (Å²) in [6, 6.07) is 0.687. The maximum atomic E-state index is 11.5. The molecule has 0 aliphatic carbocycles. The Labute approximate surface area is 130 Å². The fraction of sp³-hybridized carbons (Fsp3) is 0.941. The number of nitrogens with zero attached hydrogens (tertiary/aromatic N) is 3. The Bertz CT molecular complexity index is 316. The monoisotopic (exact) mass is 295 g/mol. The molecule has 4 nitrogen and oxygen atoms in total. The highest BCUT2D eigenvalue weighted by Gasteiger charge is 2.24. The zero-order valence-corrected chi connectivity index (χ0v) is 14.2. The van der Waals surface area contributed by atoms with Crippen LogP contribution in [-0.2, 0) is 4.79 Å². The lowest BCUT2D eigenvalue weighted by molar-refractivity contribution is -0.120. The average Bonchev–Trinajstić information content (AvgIpc) is 2.49. The minimum atomic E-state index is 0.387. The Morgan fingerprint density at radius 1 is 1.00 bits per heavy atom. The van der Waals surface area contributed by atoms with Crippen molar-refractivity contribution in [1.29, 1.82) is 0 Å². The largest absolute Gasteiger partial charge is 0.301 e. The van der Waals surface area contributed by atoms with Crippen molar-refractivity contribution < 1.29 is 4.79 Å². The lowest BCUT2D eigenvalue weighted by Crippen LogP contribution is -2.50. The minimum absolute atomic E-state index is 0.387. The van der Waals surface area contributed by atoms with Crippen LogP contribution in [0.1, 0.15) is 40.0 Å². The molecule has 122 valence electrons. The first-order valence-electron chi connectivity index (χ1n) is 8.79. The Kier molecular flexibility index (Phi) is 6.65. The van der Waals surface area contributed by atoms with E-state index in [1.807, 2.05) is 6.92 Å². The van der Waals surface area contributed by atoms with Crippen molar-refractivity contribution in [2.75, 3.05) is 52.4 Å². The van der Waals surface area contributed by atoms with Crippen molar-refractivity contribution in [1.82, 2.24) is 14.7 Å². The number of carbonyl (C=O) groups is 1. The van der Waals surface area contributed by atoms with Gasteiger partial charge in [0.1, 0.15) is 5.78 Å². The van der Waals surface area contributed by atoms with Crippen molar-refractivity contribution in [2.45, 2.75) is 46.1 Å². The van der Waals surface area contributed by atoms with Gasteiger partial charge in [-0.05, 0) is 45.7 Å². The molecule has 2 aliphatic heterocycles. The summed E-state index contributed by atoms with van der Waals surface area (Å²) in [5.41, 5.74) is 0. The first-order valence-corrected chi connectivity index (χ1v) is 8.79. The summed E-state index contributed by atoms with van der Waals surface area (Å²) in [7, 11) is 0. The molecule has 0 atom stereocenters. The van der Waals surface area contributed by atoms with E-state index < -0.39 is 0 Å². The topological polar surface area (TPSA) is 26.8 Å². The Morgan fingerprint density at radius 3 is 2.14 bits per heavy atom. The molecule has 0 spiro atoms. The number of likely N-dealkylation sites (tertiary alicyclic amines) is 1. The van der Waals surface area contributed by atoms with E-state index in [0.717, 1.165) is 19.0 Å². The van der Waals surface area contributed by atoms with Crippen LogP contribution in [0, 0.1) is 5.92 Å². The molecule has 0 amide bonds. The van der Waals surface area contributed by atoms with Crippen LogP contribution >= 0.6 is 0 Å². The number of rotatable bonds is 6. The van der Waals surface area contributed by atoms with Gasteiger partial charge < -0.3 is 4.90 Å². The molecule has 0 radical (unpaired) electrons. The van der Waals surface area contributed by atoms with Crippen molar-refractivity contribution in [3.8, 4) is 0 Å². The van der Waals surface area contributed by atoms with Gasteiger partial charge >= 0.3 is 0 Å². The molecular weight excluding hydrogens is 262 g/mol. The second-order valence-corrected chi connectivity index (χ2v) is 7.04. The van der Waals surface area contributed by atoms with Gasteiger partial charge in [0, 0.05) is 45.2 Å². The third-order valence-electron chi connectivity index (χ3n) is 5.16. The molecule has 0 unspecified atom stereocenters. The molecule has 0 N–H and O–H groups in total. The highest BCUT2D eigenvalue weighted by atomic mass is 16.1. The van der Waals surface area contributed by atoms with Crippen LogP contribution in [0.2, 0.25) is 0 Å². The number of carbonyl (C=O) groups excluding carboxylic acids is 1. The molecule has 2 saturated heterocycles. The predicted molar refractivity (Wildman–Crippen MR) is 87.6 cm³/mol. The summed E-state index contributed by atoms with van der Waals surface area (Å²) in [4.78, 5) is 19.1. The van der Waals surface area contributed by atoms with Crippen molar-refractivity contribution in [3.05, 3.63) is 0 Å². The zero-order chi connectivity index (χ0) is 15.2. The van der Waals surface area contributed by atoms with E-state index in [4.69, 9.17) is 0 Å². The quantitative estimate of drug-likeness (QED) is 0.745. The minimum Gasteiger partial charge on any atom is -0.301 e. The van der Waals surface area contributed by atoms with Crippen LogP contribution in [0.25, 0.3) is 0 Å². The van der Waals surface area contributed by atoms with Gasteiger partial charge in [-0.25, -0.2) is 0 Å². The number of piperidine rings is 1. The summed E-state index contributed by atoms with van der Waals surface area (Å²) in [6.07, 6.45) is 3.21. The lowest BCUT2D eigenvalue weighted by Gasteiger charge is -2.40. The Morgan fingerprint density at radius 2 is 1.62 bits per heavy atom. The standard InChI is InChI=1S/C17H33N3O/c1-4-17(21)14-18-7-5-16(6-8-18)13-19-9-11-20(12-10-19)15(2)3/h15-16H,4-14H2,1-3H3. The maximum Gasteiger partial charge on any atom is 0.146 e. The number of ketones is 1. The summed E-state index contributed by atoms with van der Waals surface area (Å²) in [6.45, 7) is 15.6. The van der Waals surface area contributed by atoms with Gasteiger partial charge in [-0.15, -0.1) is 0 Å². The second kappa shape index (κ2) is 8.25. The van der Waals surface area contributed by atoms with Gasteiger partial charge in [0.05, 0.1) is 6.54 Å². The molecule has 0 aromatic carbocycles. The normalized spacial score (nSPS) is 23.8. The van der Waals surface area contributed by atoms with Crippen molar-refractivity contribution in [3.63, 3.8) is 0 Å². The van der Waals surface area contributed by atoms with Crippen LogP contribution in [0.15, 0.2) is 0 Å². The molecular formula is C17H33N3O. The third kappa shape index (κ3) is 5.35. The zero-order valence-electron chi connectivity index (χ0n) is 14.2. The summed E-state index contributed by atoms with van der Waals surface area (Å²) in [5, 5.41) is 0. The van der Waals surface area contributed by atoms with Gasteiger partial charge in [0.15, 0.2) is 0 Å². The molecule has 2 heterocycles. The van der Waals surface area contributed by atoms with Gasteiger partial charge in [-0.2, -0.15) is 0 Å². The van der Waals surface area contributed by atoms with E-state index in [9.17, 15) is 4.79 Å². The molecule has 4 heteroatoms. The van der Waals surface area contributed by atoms with Crippen LogP contribution in [0.4, 0.5) is 0 Å². The van der Waals surface area contributed by atoms with Crippen LogP contribution < -0.4 is 0 Å². The molecule has 2 rings (SSSR count). The fourth-order valence-electron chi connectivity index (χ4n) is 3.52. The summed E-state index contributed by atoms with van der Waals surface area (Å²) in [5.74, 6) is 1.22. The average molecular weight is 295 g/mol. The van der Waals surface area contributed by atoms with Gasteiger partial charge in [0.25, 0.3) is 0 Å². The van der Waals surface area contributed by atoms with Crippen LogP contribution in [0.3, 0.4) is 0 Å². The van der Waals surface area contributed by atoms with E-state index in [1.165, 1.54) is 45.6 Å². The Balaban J connectivity index is 1.64. The number of hydrogen-bond donors (Lipinski definition) is 0. The number of Topliss-reactive ketones (excluding diaryl/α,β-unsaturated/α-hetero) is 1. The third-order valence-corrected chi connectivity index (χ3v) is 5.16. The van der Waals surface area contributed by atoms with E-state index in [2.05, 4.69) is 28.5 Å². The maximum absolute atomic E-state index is 11.5. The Hall–Kier alpha value is -0.450. The van der Waals surface area contributed by atoms with Crippen LogP contribution in [0.5, 0.6) is 0 Å². The SMILES string of the molecule is CCC(=O)CN1CCC(CN2CCN(C(C)C)CC2)CC1. The molecule has 21 heavy (non-hydrogen) atoms. The van der Waals surface area contributed by atoms with Crippen LogP contribution in [-0.4, -0.2) is 78.9 Å². The first kappa shape index (κ1) is 16.9. The van der Waals surface area contributed by atoms with E-state index >= 15 is 0 Å². The number of hydrogen-bond acceptors (Lipinski definition) is 4. The van der Waals surface area contributed by atoms with E-state index in [-0.39, 0.29) is 0 Å². The van der Waals surface area contributed by atoms with E-state index in [0.29, 0.717) is 24.8 Å². The van der Waals surface area contributed by atoms with Gasteiger partial charge in [0.2, 0.25) is 0 Å². The molecule has 0 bridgehead atoms. The van der Waals surface area contributed by atoms with Gasteiger partial charge in [-0.1, -0.05) is 6.92 Å². The summed E-state index contributed by atoms with van der Waals surface area (Å²) >= 11 is 0. The molecule has 0 aromatic heterocycles. The lowest BCUT2D eigenvalue weighted by atomic mass is 9.95. The summed E-state index contributed by atoms with van der Waals surface area (Å²) < 4.78 is 0. The molecule has 0 saturated carbocycles. The second-order valence-electron chi connectivity index (χ2n) is 7.04. The fourth-order valence-corrected chi connectivity index (χ4v) is 3.52. The number of piperazine rings is 1. The van der Waals surface area contributed by atoms with Crippen molar-refractivity contribution in [2.24, 2.45) is 5.92 Å². The van der Waals surface area contributed by atoms with E-state index in [1.54, 1.807) is 0 Å². The molecule has 2 fully saturated rings. The van der Waals surface area contributed by atoms with Crippen molar-refractivity contribution >= 4 is 5.78 Å².